The third-order valence-electron chi connectivity index (χ3n) is 5.51. The summed E-state index contributed by atoms with van der Waals surface area (Å²) >= 11 is 0. The van der Waals surface area contributed by atoms with E-state index in [0.717, 1.165) is 46.5 Å². The number of benzene rings is 2. The Kier molecular flexibility index (Phi) is 5.93. The van der Waals surface area contributed by atoms with Crippen LogP contribution in [0.2, 0.25) is 0 Å². The lowest BCUT2D eigenvalue weighted by atomic mass is 10.0. The lowest BCUT2D eigenvalue weighted by molar-refractivity contribution is 0.616. The molecule has 0 fully saturated rings. The van der Waals surface area contributed by atoms with Gasteiger partial charge in [0.05, 0.1) is 6.26 Å². The van der Waals surface area contributed by atoms with Crippen molar-refractivity contribution in [3.63, 3.8) is 0 Å². The summed E-state index contributed by atoms with van der Waals surface area (Å²) in [7, 11) is 0. The van der Waals surface area contributed by atoms with Crippen molar-refractivity contribution in [3.8, 4) is 11.4 Å². The smallest absolute Gasteiger partial charge is 0.163 e. The van der Waals surface area contributed by atoms with Crippen LogP contribution in [0, 0.1) is 0 Å². The van der Waals surface area contributed by atoms with Gasteiger partial charge in [-0.05, 0) is 42.5 Å². The third-order valence-corrected chi connectivity index (χ3v) is 5.51. The van der Waals surface area contributed by atoms with E-state index in [4.69, 9.17) is 19.4 Å². The first-order valence-corrected chi connectivity index (χ1v) is 11.0. The molecule has 33 heavy (non-hydrogen) atoms. The second kappa shape index (κ2) is 9.49. The van der Waals surface area contributed by atoms with Gasteiger partial charge in [-0.1, -0.05) is 60.7 Å². The van der Waals surface area contributed by atoms with Gasteiger partial charge in [0.25, 0.3) is 0 Å². The number of furan rings is 1. The fourth-order valence-corrected chi connectivity index (χ4v) is 3.79. The molecule has 5 nitrogen and oxygen atoms in total. The monoisotopic (exact) mass is 432 g/mol. The molecule has 1 unspecified atom stereocenters. The standard InChI is InChI=1S/C28H24N4O/c1-2-6-21(11-9-20-10-12-25-24(19-20)15-18-33-25)26-30-27(22-7-4-3-5-8-22)32-28(31-26)23-13-16-29-17-14-23/h2-5,7-16,18-19,21,29H,1,6,17H2/b11-9+. The van der Waals surface area contributed by atoms with Crippen molar-refractivity contribution in [2.24, 2.45) is 0 Å². The molecule has 1 atom stereocenters. The van der Waals surface area contributed by atoms with Gasteiger partial charge in [-0.25, -0.2) is 15.0 Å². The van der Waals surface area contributed by atoms with E-state index >= 15 is 0 Å². The number of hydrogen-bond acceptors (Lipinski definition) is 5. The normalized spacial score (nSPS) is 14.2. The Balaban J connectivity index is 1.55. The molecule has 1 N–H and O–H groups in total. The average Bonchev–Trinajstić information content (AvgIpc) is 3.35. The maximum atomic E-state index is 5.45. The fraction of sp³-hybridized carbons (Fsp3) is 0.107. The first kappa shape index (κ1) is 20.6. The van der Waals surface area contributed by atoms with Crippen LogP contribution in [0.1, 0.15) is 29.6 Å². The summed E-state index contributed by atoms with van der Waals surface area (Å²) in [6, 6.07) is 18.1. The second-order valence-corrected chi connectivity index (χ2v) is 7.82. The molecular formula is C28H24N4O. The van der Waals surface area contributed by atoms with Crippen LogP contribution in [0.4, 0.5) is 0 Å². The molecular weight excluding hydrogens is 408 g/mol. The molecule has 4 aromatic rings. The zero-order chi connectivity index (χ0) is 22.5. The first-order chi connectivity index (χ1) is 16.3. The summed E-state index contributed by atoms with van der Waals surface area (Å²) in [5.74, 6) is 2.05. The number of rotatable bonds is 7. The molecule has 5 rings (SSSR count). The molecule has 2 aromatic heterocycles. The molecule has 1 aliphatic heterocycles. The van der Waals surface area contributed by atoms with Crippen LogP contribution in [0.3, 0.4) is 0 Å². The second-order valence-electron chi connectivity index (χ2n) is 7.82. The van der Waals surface area contributed by atoms with Gasteiger partial charge in [0.15, 0.2) is 11.6 Å². The van der Waals surface area contributed by atoms with Gasteiger partial charge in [-0.2, -0.15) is 0 Å². The predicted molar refractivity (Wildman–Crippen MR) is 133 cm³/mol. The van der Waals surface area contributed by atoms with Crippen molar-refractivity contribution in [2.75, 3.05) is 6.54 Å². The van der Waals surface area contributed by atoms with Gasteiger partial charge >= 0.3 is 0 Å². The number of aromatic nitrogens is 3. The minimum Gasteiger partial charge on any atom is -0.464 e. The van der Waals surface area contributed by atoms with Crippen LogP contribution in [0.25, 0.3) is 34.0 Å². The molecule has 0 amide bonds. The Hall–Kier alpha value is -4.25. The molecule has 5 heteroatoms. The number of allylic oxidation sites excluding steroid dienone is 4. The lowest BCUT2D eigenvalue weighted by Gasteiger charge is -2.14. The van der Waals surface area contributed by atoms with E-state index in [2.05, 4.69) is 36.2 Å². The van der Waals surface area contributed by atoms with Crippen molar-refractivity contribution in [3.05, 3.63) is 115 Å². The highest BCUT2D eigenvalue weighted by Gasteiger charge is 2.17. The van der Waals surface area contributed by atoms with Crippen LogP contribution in [0.5, 0.6) is 0 Å². The summed E-state index contributed by atoms with van der Waals surface area (Å²) in [6.45, 7) is 4.71. The molecule has 0 aliphatic carbocycles. The van der Waals surface area contributed by atoms with Crippen LogP contribution in [-0.4, -0.2) is 21.5 Å². The van der Waals surface area contributed by atoms with Crippen molar-refractivity contribution in [1.82, 2.24) is 20.3 Å². The van der Waals surface area contributed by atoms with Gasteiger partial charge in [0.2, 0.25) is 0 Å². The zero-order valence-electron chi connectivity index (χ0n) is 18.2. The Morgan fingerprint density at radius 1 is 1.03 bits per heavy atom. The lowest BCUT2D eigenvalue weighted by Crippen LogP contribution is -2.12. The SMILES string of the molecule is C=CCC(/C=C/c1ccc2occc2c1)c1nc(C2=CCNC=C2)nc(-c2ccccc2)n1. The van der Waals surface area contributed by atoms with Crippen LogP contribution >= 0.6 is 0 Å². The highest BCUT2D eigenvalue weighted by atomic mass is 16.3. The summed E-state index contributed by atoms with van der Waals surface area (Å²) in [4.78, 5) is 14.5. The Labute approximate surface area is 192 Å². The number of hydrogen-bond donors (Lipinski definition) is 1. The van der Waals surface area contributed by atoms with Gasteiger partial charge < -0.3 is 9.73 Å². The van der Waals surface area contributed by atoms with E-state index in [1.54, 1.807) is 6.26 Å². The molecule has 0 saturated carbocycles. The number of fused-ring (bicyclic) bond motifs is 1. The first-order valence-electron chi connectivity index (χ1n) is 11.0. The molecule has 0 saturated heterocycles. The van der Waals surface area contributed by atoms with Gasteiger partial charge in [0.1, 0.15) is 11.4 Å². The van der Waals surface area contributed by atoms with E-state index in [1.165, 1.54) is 0 Å². The molecule has 0 radical (unpaired) electrons. The summed E-state index contributed by atoms with van der Waals surface area (Å²) in [6.07, 6.45) is 14.6. The van der Waals surface area contributed by atoms with Gasteiger partial charge in [-0.3, -0.25) is 0 Å². The highest BCUT2D eigenvalue weighted by molar-refractivity contribution is 5.80. The fourth-order valence-electron chi connectivity index (χ4n) is 3.79. The van der Waals surface area contributed by atoms with Crippen LogP contribution < -0.4 is 5.32 Å². The number of dihydropyridines is 1. The summed E-state index contributed by atoms with van der Waals surface area (Å²) < 4.78 is 5.45. The van der Waals surface area contributed by atoms with Crippen molar-refractivity contribution >= 4 is 22.6 Å². The van der Waals surface area contributed by atoms with Gasteiger partial charge in [-0.15, -0.1) is 6.58 Å². The third kappa shape index (κ3) is 4.67. The molecule has 0 spiro atoms. The predicted octanol–water partition coefficient (Wildman–Crippen LogP) is 6.16. The minimum atomic E-state index is -0.0296. The molecule has 2 aromatic carbocycles. The molecule has 3 heterocycles. The summed E-state index contributed by atoms with van der Waals surface area (Å²) in [5, 5.41) is 4.26. The van der Waals surface area contributed by atoms with E-state index in [-0.39, 0.29) is 5.92 Å². The van der Waals surface area contributed by atoms with E-state index in [9.17, 15) is 0 Å². The van der Waals surface area contributed by atoms with Gasteiger partial charge in [0, 0.05) is 29.0 Å². The Bertz CT molecular complexity index is 1370. The topological polar surface area (TPSA) is 63.8 Å². The Morgan fingerprint density at radius 3 is 2.73 bits per heavy atom. The van der Waals surface area contributed by atoms with Crippen molar-refractivity contribution in [2.45, 2.75) is 12.3 Å². The molecule has 0 bridgehead atoms. The maximum absolute atomic E-state index is 5.45. The van der Waals surface area contributed by atoms with E-state index in [1.807, 2.05) is 66.9 Å². The average molecular weight is 433 g/mol. The quantitative estimate of drug-likeness (QED) is 0.354. The maximum Gasteiger partial charge on any atom is 0.163 e. The van der Waals surface area contributed by atoms with Crippen molar-refractivity contribution < 1.29 is 4.42 Å². The van der Waals surface area contributed by atoms with E-state index < -0.39 is 0 Å². The summed E-state index contributed by atoms with van der Waals surface area (Å²) in [5.41, 5.74) is 3.93. The zero-order valence-corrected chi connectivity index (χ0v) is 18.2. The van der Waals surface area contributed by atoms with Crippen LogP contribution in [0.15, 0.2) is 102 Å². The number of nitrogens with zero attached hydrogens (tertiary/aromatic N) is 3. The highest BCUT2D eigenvalue weighted by Crippen LogP contribution is 2.26. The van der Waals surface area contributed by atoms with E-state index in [0.29, 0.717) is 11.6 Å². The van der Waals surface area contributed by atoms with Crippen LogP contribution in [-0.2, 0) is 0 Å². The van der Waals surface area contributed by atoms with Crippen molar-refractivity contribution in [1.29, 1.82) is 0 Å². The molecule has 162 valence electrons. The minimum absolute atomic E-state index is 0.0296. The molecule has 1 aliphatic rings. The number of nitrogens with one attached hydrogen (secondary N) is 1. The Morgan fingerprint density at radius 2 is 1.91 bits per heavy atom. The largest absolute Gasteiger partial charge is 0.464 e.